The van der Waals surface area contributed by atoms with E-state index in [1.807, 2.05) is 42.6 Å². The SMILES string of the molecule is Fc1cccc(F)c1C1=N[C@@H](c2ccc(-c3ccc(OC4CCC4)nc3)cc2)CC1. The molecule has 2 heterocycles. The third-order valence-electron chi connectivity index (χ3n) is 5.92. The number of hydrogen-bond acceptors (Lipinski definition) is 3. The van der Waals surface area contributed by atoms with E-state index in [2.05, 4.69) is 9.98 Å². The van der Waals surface area contributed by atoms with Gasteiger partial charge < -0.3 is 4.74 Å². The summed E-state index contributed by atoms with van der Waals surface area (Å²) in [6.07, 6.45) is 6.91. The first kappa shape index (κ1) is 18.9. The number of pyridine rings is 1. The quantitative estimate of drug-likeness (QED) is 0.501. The van der Waals surface area contributed by atoms with Crippen LogP contribution in [0.5, 0.6) is 5.88 Å². The summed E-state index contributed by atoms with van der Waals surface area (Å²) in [5.41, 5.74) is 3.64. The van der Waals surface area contributed by atoms with Gasteiger partial charge in [0, 0.05) is 23.5 Å². The number of nitrogens with zero attached hydrogens (tertiary/aromatic N) is 2. The van der Waals surface area contributed by atoms with Crippen LogP contribution in [0.15, 0.2) is 65.8 Å². The summed E-state index contributed by atoms with van der Waals surface area (Å²) in [4.78, 5) is 9.03. The Morgan fingerprint density at radius 1 is 0.833 bits per heavy atom. The molecule has 1 atom stereocenters. The van der Waals surface area contributed by atoms with Crippen molar-refractivity contribution in [3.63, 3.8) is 0 Å². The van der Waals surface area contributed by atoms with Crippen LogP contribution in [-0.2, 0) is 0 Å². The molecular weight excluding hydrogens is 382 g/mol. The van der Waals surface area contributed by atoms with Crippen LogP contribution in [0.4, 0.5) is 8.78 Å². The number of ether oxygens (including phenoxy) is 1. The number of aromatic nitrogens is 1. The van der Waals surface area contributed by atoms with Gasteiger partial charge in [-0.25, -0.2) is 13.8 Å². The summed E-state index contributed by atoms with van der Waals surface area (Å²) in [6, 6.07) is 15.9. The molecule has 5 rings (SSSR count). The van der Waals surface area contributed by atoms with Crippen molar-refractivity contribution in [2.45, 2.75) is 44.2 Å². The summed E-state index contributed by atoms with van der Waals surface area (Å²) in [7, 11) is 0. The molecule has 0 saturated heterocycles. The maximum Gasteiger partial charge on any atom is 0.213 e. The molecular formula is C25H22F2N2O. The van der Waals surface area contributed by atoms with Gasteiger partial charge in [0.1, 0.15) is 17.7 Å². The van der Waals surface area contributed by atoms with Crippen molar-refractivity contribution in [3.05, 3.63) is 83.6 Å². The highest BCUT2D eigenvalue weighted by molar-refractivity contribution is 6.02. The molecule has 30 heavy (non-hydrogen) atoms. The van der Waals surface area contributed by atoms with Crippen molar-refractivity contribution < 1.29 is 13.5 Å². The Labute approximate surface area is 174 Å². The fraction of sp³-hybridized carbons (Fsp3) is 0.280. The standard InChI is InChI=1S/C25H22F2N2O/c26-20-5-2-6-21(27)25(20)23-13-12-22(29-23)17-9-7-16(8-10-17)18-11-14-24(28-15-18)30-19-3-1-4-19/h2,5-11,14-15,19,22H,1,3-4,12-13H2/t22-/m1/s1. The predicted molar refractivity (Wildman–Crippen MR) is 113 cm³/mol. The molecule has 152 valence electrons. The van der Waals surface area contributed by atoms with Crippen molar-refractivity contribution in [2.24, 2.45) is 4.99 Å². The molecule has 3 aromatic rings. The summed E-state index contributed by atoms with van der Waals surface area (Å²) in [6.45, 7) is 0. The van der Waals surface area contributed by atoms with Gasteiger partial charge in [-0.05, 0) is 61.4 Å². The van der Waals surface area contributed by atoms with Crippen LogP contribution in [0.2, 0.25) is 0 Å². The normalized spacial score (nSPS) is 18.7. The van der Waals surface area contributed by atoms with Crippen LogP contribution < -0.4 is 4.74 Å². The molecule has 0 unspecified atom stereocenters. The lowest BCUT2D eigenvalue weighted by Gasteiger charge is -2.25. The molecule has 1 saturated carbocycles. The lowest BCUT2D eigenvalue weighted by Crippen LogP contribution is -2.24. The van der Waals surface area contributed by atoms with E-state index in [0.29, 0.717) is 24.1 Å². The average Bonchev–Trinajstić information content (AvgIpc) is 3.21. The van der Waals surface area contributed by atoms with Gasteiger partial charge in [-0.3, -0.25) is 4.99 Å². The third kappa shape index (κ3) is 3.72. The summed E-state index contributed by atoms with van der Waals surface area (Å²) >= 11 is 0. The molecule has 2 aromatic carbocycles. The van der Waals surface area contributed by atoms with E-state index in [-0.39, 0.29) is 11.6 Å². The topological polar surface area (TPSA) is 34.5 Å². The van der Waals surface area contributed by atoms with E-state index in [0.717, 1.165) is 36.0 Å². The predicted octanol–water partition coefficient (Wildman–Crippen LogP) is 6.28. The second-order valence-corrected chi connectivity index (χ2v) is 7.90. The number of rotatable bonds is 5. The number of hydrogen-bond donors (Lipinski definition) is 0. The molecule has 0 radical (unpaired) electrons. The first-order valence-electron chi connectivity index (χ1n) is 10.4. The average molecular weight is 404 g/mol. The minimum atomic E-state index is -0.554. The first-order chi connectivity index (χ1) is 14.7. The molecule has 5 heteroatoms. The highest BCUT2D eigenvalue weighted by Crippen LogP contribution is 2.33. The van der Waals surface area contributed by atoms with Crippen LogP contribution in [0, 0.1) is 11.6 Å². The Morgan fingerprint density at radius 2 is 1.57 bits per heavy atom. The Bertz CT molecular complexity index is 1050. The Kier molecular flexibility index (Phi) is 5.03. The van der Waals surface area contributed by atoms with E-state index in [1.165, 1.54) is 24.6 Å². The lowest BCUT2D eigenvalue weighted by molar-refractivity contribution is 0.114. The molecule has 1 aromatic heterocycles. The largest absolute Gasteiger partial charge is 0.474 e. The van der Waals surface area contributed by atoms with E-state index in [9.17, 15) is 8.78 Å². The Morgan fingerprint density at radius 3 is 2.20 bits per heavy atom. The van der Waals surface area contributed by atoms with Gasteiger partial charge in [-0.1, -0.05) is 30.3 Å². The molecule has 0 bridgehead atoms. The van der Waals surface area contributed by atoms with Crippen LogP contribution in [0.1, 0.15) is 49.3 Å². The van der Waals surface area contributed by atoms with Gasteiger partial charge in [0.05, 0.1) is 11.6 Å². The fourth-order valence-electron chi connectivity index (χ4n) is 3.97. The van der Waals surface area contributed by atoms with Crippen molar-refractivity contribution in [1.82, 2.24) is 4.98 Å². The van der Waals surface area contributed by atoms with Gasteiger partial charge >= 0.3 is 0 Å². The smallest absolute Gasteiger partial charge is 0.213 e. The third-order valence-corrected chi connectivity index (χ3v) is 5.92. The Hall–Kier alpha value is -3.08. The molecule has 1 aliphatic carbocycles. The van der Waals surface area contributed by atoms with Crippen LogP contribution in [0.25, 0.3) is 11.1 Å². The minimum absolute atomic E-state index is 0.00639. The first-order valence-corrected chi connectivity index (χ1v) is 10.4. The van der Waals surface area contributed by atoms with E-state index in [1.54, 1.807) is 0 Å². The molecule has 0 N–H and O–H groups in total. The second-order valence-electron chi connectivity index (χ2n) is 7.90. The Balaban J connectivity index is 1.31. The van der Waals surface area contributed by atoms with Crippen molar-refractivity contribution in [3.8, 4) is 17.0 Å². The number of aliphatic imine (C=N–C) groups is 1. The molecule has 2 aliphatic rings. The van der Waals surface area contributed by atoms with E-state index >= 15 is 0 Å². The monoisotopic (exact) mass is 404 g/mol. The number of benzene rings is 2. The van der Waals surface area contributed by atoms with Gasteiger partial charge in [0.15, 0.2) is 0 Å². The molecule has 0 amide bonds. The minimum Gasteiger partial charge on any atom is -0.474 e. The van der Waals surface area contributed by atoms with Gasteiger partial charge in [0.25, 0.3) is 0 Å². The van der Waals surface area contributed by atoms with Crippen molar-refractivity contribution in [1.29, 1.82) is 0 Å². The van der Waals surface area contributed by atoms with Gasteiger partial charge in [-0.15, -0.1) is 0 Å². The molecule has 3 nitrogen and oxygen atoms in total. The zero-order valence-electron chi connectivity index (χ0n) is 16.5. The van der Waals surface area contributed by atoms with E-state index < -0.39 is 11.6 Å². The van der Waals surface area contributed by atoms with Crippen LogP contribution >= 0.6 is 0 Å². The molecule has 0 spiro atoms. The van der Waals surface area contributed by atoms with Crippen molar-refractivity contribution in [2.75, 3.05) is 0 Å². The second kappa shape index (κ2) is 7.98. The van der Waals surface area contributed by atoms with Gasteiger partial charge in [0.2, 0.25) is 5.88 Å². The van der Waals surface area contributed by atoms with Crippen LogP contribution in [0.3, 0.4) is 0 Å². The summed E-state index contributed by atoms with van der Waals surface area (Å²) in [5, 5.41) is 0. The maximum absolute atomic E-state index is 14.1. The van der Waals surface area contributed by atoms with Crippen LogP contribution in [-0.4, -0.2) is 16.8 Å². The fourth-order valence-corrected chi connectivity index (χ4v) is 3.97. The highest BCUT2D eigenvalue weighted by atomic mass is 19.1. The van der Waals surface area contributed by atoms with Crippen molar-refractivity contribution >= 4 is 5.71 Å². The zero-order chi connectivity index (χ0) is 20.5. The summed E-state index contributed by atoms with van der Waals surface area (Å²) in [5.74, 6) is -0.433. The molecule has 1 aliphatic heterocycles. The van der Waals surface area contributed by atoms with Gasteiger partial charge in [-0.2, -0.15) is 0 Å². The highest BCUT2D eigenvalue weighted by Gasteiger charge is 2.24. The zero-order valence-corrected chi connectivity index (χ0v) is 16.5. The lowest BCUT2D eigenvalue weighted by atomic mass is 9.96. The summed E-state index contributed by atoms with van der Waals surface area (Å²) < 4.78 is 33.9. The maximum atomic E-state index is 14.1. The molecule has 1 fully saturated rings. The van der Waals surface area contributed by atoms with E-state index in [4.69, 9.17) is 4.74 Å². The number of halogens is 2.